The number of aliphatic hydroxyl groups is 1. The van der Waals surface area contributed by atoms with Gasteiger partial charge < -0.3 is 5.11 Å². The fraction of sp³-hybridized carbons (Fsp3) is 0. The number of hydrogen-bond donors (Lipinski definition) is 2. The second kappa shape index (κ2) is 7.91. The molecule has 10 heteroatoms. The number of halogens is 3. The molecule has 1 heterocycles. The van der Waals surface area contributed by atoms with Gasteiger partial charge in [0.15, 0.2) is 4.90 Å². The molecule has 0 radical (unpaired) electrons. The standard InChI is InChI=1S/C18H12ClF2N3O3S/c19-18-22-8-7-12(23-18)10-16(25)11-3-1-4-13(9-11)24-28(26,27)17-14(20)5-2-6-15(17)21/h1-10,24-25H. The van der Waals surface area contributed by atoms with E-state index in [0.29, 0.717) is 5.69 Å². The summed E-state index contributed by atoms with van der Waals surface area (Å²) in [4.78, 5) is 6.54. The molecule has 0 amide bonds. The van der Waals surface area contributed by atoms with Gasteiger partial charge in [0.05, 0.1) is 5.69 Å². The first-order valence-corrected chi connectivity index (χ1v) is 9.59. The molecule has 0 bridgehead atoms. The van der Waals surface area contributed by atoms with Crippen molar-refractivity contribution in [3.8, 4) is 0 Å². The lowest BCUT2D eigenvalue weighted by Gasteiger charge is -2.11. The van der Waals surface area contributed by atoms with Gasteiger partial charge in [0.2, 0.25) is 5.28 Å². The lowest BCUT2D eigenvalue weighted by atomic mass is 10.1. The van der Waals surface area contributed by atoms with Crippen LogP contribution in [0.25, 0.3) is 11.8 Å². The van der Waals surface area contributed by atoms with E-state index in [0.717, 1.165) is 18.2 Å². The Bertz CT molecular complexity index is 1150. The fourth-order valence-corrected chi connectivity index (χ4v) is 3.68. The van der Waals surface area contributed by atoms with E-state index >= 15 is 0 Å². The third kappa shape index (κ3) is 4.44. The number of benzene rings is 2. The number of aromatic nitrogens is 2. The number of hydrogen-bond acceptors (Lipinski definition) is 5. The summed E-state index contributed by atoms with van der Waals surface area (Å²) in [5.41, 5.74) is 0.571. The Hall–Kier alpha value is -3.04. The topological polar surface area (TPSA) is 92.2 Å². The Morgan fingerprint density at radius 2 is 1.79 bits per heavy atom. The third-order valence-corrected chi connectivity index (χ3v) is 5.14. The summed E-state index contributed by atoms with van der Waals surface area (Å²) in [6.45, 7) is 0. The van der Waals surface area contributed by atoms with Gasteiger partial charge in [-0.05, 0) is 41.9 Å². The van der Waals surface area contributed by atoms with E-state index in [2.05, 4.69) is 14.7 Å². The number of sulfonamides is 1. The molecule has 0 unspecified atom stereocenters. The molecule has 0 saturated carbocycles. The second-order valence-electron chi connectivity index (χ2n) is 5.52. The SMILES string of the molecule is O=S(=O)(Nc1cccc(C(O)=Cc2ccnc(Cl)n2)c1)c1c(F)cccc1F. The predicted molar refractivity (Wildman–Crippen MR) is 101 cm³/mol. The van der Waals surface area contributed by atoms with E-state index in [1.807, 2.05) is 0 Å². The highest BCUT2D eigenvalue weighted by molar-refractivity contribution is 7.92. The maximum atomic E-state index is 13.8. The van der Waals surface area contributed by atoms with Crippen molar-refractivity contribution in [3.63, 3.8) is 0 Å². The molecular weight excluding hydrogens is 412 g/mol. The minimum Gasteiger partial charge on any atom is -0.507 e. The molecule has 0 aliphatic heterocycles. The van der Waals surface area contributed by atoms with Gasteiger partial charge in [-0.1, -0.05) is 18.2 Å². The van der Waals surface area contributed by atoms with E-state index in [4.69, 9.17) is 11.6 Å². The van der Waals surface area contributed by atoms with Crippen LogP contribution < -0.4 is 4.72 Å². The Labute approximate surface area is 164 Å². The molecule has 28 heavy (non-hydrogen) atoms. The van der Waals surface area contributed by atoms with Crippen molar-refractivity contribution < 1.29 is 22.3 Å². The number of nitrogens with zero attached hydrogens (tertiary/aromatic N) is 2. The van der Waals surface area contributed by atoms with E-state index < -0.39 is 26.6 Å². The highest BCUT2D eigenvalue weighted by Gasteiger charge is 2.24. The molecule has 2 aromatic carbocycles. The number of rotatable bonds is 5. The Kier molecular flexibility index (Phi) is 5.57. The molecule has 3 aromatic rings. The third-order valence-electron chi connectivity index (χ3n) is 3.53. The lowest BCUT2D eigenvalue weighted by molar-refractivity contribution is 0.515. The zero-order chi connectivity index (χ0) is 20.3. The summed E-state index contributed by atoms with van der Waals surface area (Å²) in [5.74, 6) is -2.66. The van der Waals surface area contributed by atoms with Gasteiger partial charge in [-0.25, -0.2) is 27.2 Å². The molecular formula is C18H12ClF2N3O3S. The van der Waals surface area contributed by atoms with Gasteiger partial charge >= 0.3 is 0 Å². The van der Waals surface area contributed by atoms with Crippen LogP contribution >= 0.6 is 11.6 Å². The molecule has 0 aliphatic rings. The monoisotopic (exact) mass is 423 g/mol. The van der Waals surface area contributed by atoms with Crippen molar-refractivity contribution in [3.05, 3.63) is 82.9 Å². The van der Waals surface area contributed by atoms with Crippen molar-refractivity contribution in [1.82, 2.24) is 9.97 Å². The number of anilines is 1. The van der Waals surface area contributed by atoms with Crippen LogP contribution in [-0.2, 0) is 10.0 Å². The predicted octanol–water partition coefficient (Wildman–Crippen LogP) is 4.27. The van der Waals surface area contributed by atoms with Gasteiger partial charge in [-0.15, -0.1) is 0 Å². The quantitative estimate of drug-likeness (QED) is 0.472. The zero-order valence-electron chi connectivity index (χ0n) is 14.0. The van der Waals surface area contributed by atoms with Crippen LogP contribution in [0.1, 0.15) is 11.3 Å². The highest BCUT2D eigenvalue weighted by atomic mass is 35.5. The van der Waals surface area contributed by atoms with Crippen LogP contribution in [0.5, 0.6) is 0 Å². The van der Waals surface area contributed by atoms with Gasteiger partial charge in [0.1, 0.15) is 17.4 Å². The van der Waals surface area contributed by atoms with Crippen molar-refractivity contribution in [2.24, 2.45) is 0 Å². The van der Waals surface area contributed by atoms with E-state index in [1.54, 1.807) is 0 Å². The van der Waals surface area contributed by atoms with Crippen LogP contribution in [0, 0.1) is 11.6 Å². The average Bonchev–Trinajstić information content (AvgIpc) is 2.61. The molecule has 0 saturated heterocycles. The normalized spacial score (nSPS) is 12.0. The Balaban J connectivity index is 1.91. The second-order valence-corrected chi connectivity index (χ2v) is 7.47. The molecule has 3 rings (SSSR count). The molecule has 0 atom stereocenters. The van der Waals surface area contributed by atoms with Crippen LogP contribution in [0.2, 0.25) is 5.28 Å². The summed E-state index contributed by atoms with van der Waals surface area (Å²) < 4.78 is 54.4. The van der Waals surface area contributed by atoms with E-state index in [-0.39, 0.29) is 22.3 Å². The molecule has 6 nitrogen and oxygen atoms in total. The molecule has 1 aromatic heterocycles. The summed E-state index contributed by atoms with van der Waals surface area (Å²) in [6, 6.07) is 9.89. The number of nitrogens with one attached hydrogen (secondary N) is 1. The van der Waals surface area contributed by atoms with Crippen LogP contribution in [0.3, 0.4) is 0 Å². The Morgan fingerprint density at radius 1 is 1.11 bits per heavy atom. The van der Waals surface area contributed by atoms with E-state index in [9.17, 15) is 22.3 Å². The van der Waals surface area contributed by atoms with Crippen LogP contribution in [0.4, 0.5) is 14.5 Å². The molecule has 0 spiro atoms. The summed E-state index contributed by atoms with van der Waals surface area (Å²) in [6.07, 6.45) is 2.71. The minimum absolute atomic E-state index is 0.000762. The summed E-state index contributed by atoms with van der Waals surface area (Å²) >= 11 is 5.68. The van der Waals surface area contributed by atoms with Gasteiger partial charge in [-0.3, -0.25) is 4.72 Å². The first-order chi connectivity index (χ1) is 13.3. The van der Waals surface area contributed by atoms with Crippen molar-refractivity contribution in [2.75, 3.05) is 4.72 Å². The largest absolute Gasteiger partial charge is 0.507 e. The maximum Gasteiger partial charge on any atom is 0.267 e. The molecule has 0 fully saturated rings. The first kappa shape index (κ1) is 19.7. The Morgan fingerprint density at radius 3 is 2.46 bits per heavy atom. The smallest absolute Gasteiger partial charge is 0.267 e. The van der Waals surface area contributed by atoms with Crippen LogP contribution in [-0.4, -0.2) is 23.5 Å². The summed E-state index contributed by atoms with van der Waals surface area (Å²) in [7, 11) is -4.52. The van der Waals surface area contributed by atoms with Gasteiger partial charge in [0, 0.05) is 23.5 Å². The molecule has 0 aliphatic carbocycles. The van der Waals surface area contributed by atoms with Crippen molar-refractivity contribution in [1.29, 1.82) is 0 Å². The van der Waals surface area contributed by atoms with Crippen molar-refractivity contribution in [2.45, 2.75) is 4.90 Å². The molecule has 2 N–H and O–H groups in total. The average molecular weight is 424 g/mol. The maximum absolute atomic E-state index is 13.8. The highest BCUT2D eigenvalue weighted by Crippen LogP contribution is 2.24. The van der Waals surface area contributed by atoms with Gasteiger partial charge in [-0.2, -0.15) is 0 Å². The van der Waals surface area contributed by atoms with Gasteiger partial charge in [0.25, 0.3) is 10.0 Å². The zero-order valence-corrected chi connectivity index (χ0v) is 15.5. The molecule has 144 valence electrons. The fourth-order valence-electron chi connectivity index (χ4n) is 2.34. The minimum atomic E-state index is -4.52. The summed E-state index contributed by atoms with van der Waals surface area (Å²) in [5, 5.41) is 10.2. The van der Waals surface area contributed by atoms with Crippen LogP contribution in [0.15, 0.2) is 59.6 Å². The first-order valence-electron chi connectivity index (χ1n) is 7.73. The van der Waals surface area contributed by atoms with Crippen molar-refractivity contribution >= 4 is 39.1 Å². The number of aliphatic hydroxyl groups excluding tert-OH is 1. The lowest BCUT2D eigenvalue weighted by Crippen LogP contribution is -2.16. The van der Waals surface area contributed by atoms with E-state index in [1.165, 1.54) is 42.6 Å².